The summed E-state index contributed by atoms with van der Waals surface area (Å²) in [5.74, 6) is 2.47. The summed E-state index contributed by atoms with van der Waals surface area (Å²) in [5.41, 5.74) is 1.56. The minimum Gasteiger partial charge on any atom is -0.314 e. The molecule has 0 saturated heterocycles. The van der Waals surface area contributed by atoms with Gasteiger partial charge in [-0.25, -0.2) is 0 Å². The monoisotopic (exact) mass is 287 g/mol. The Balaban J connectivity index is 1.98. The Morgan fingerprint density at radius 3 is 2.57 bits per heavy atom. The van der Waals surface area contributed by atoms with Crippen LogP contribution in [0.15, 0.2) is 30.3 Å². The van der Waals surface area contributed by atoms with Gasteiger partial charge in [0.2, 0.25) is 0 Å². The summed E-state index contributed by atoms with van der Waals surface area (Å²) in [7, 11) is 0. The Morgan fingerprint density at radius 1 is 1.14 bits per heavy atom. The lowest BCUT2D eigenvalue weighted by Gasteiger charge is -2.37. The normalized spacial score (nSPS) is 26.2. The van der Waals surface area contributed by atoms with Crippen LogP contribution in [0.25, 0.3) is 0 Å². The van der Waals surface area contributed by atoms with Crippen LogP contribution in [-0.4, -0.2) is 12.6 Å². The third-order valence-electron chi connectivity index (χ3n) is 5.02. The molecular weight excluding hydrogens is 254 g/mol. The minimum absolute atomic E-state index is 0.753. The average Bonchev–Trinajstić information content (AvgIpc) is 2.52. The van der Waals surface area contributed by atoms with Crippen LogP contribution in [0.1, 0.15) is 70.8 Å². The van der Waals surface area contributed by atoms with Gasteiger partial charge in [-0.3, -0.25) is 0 Å². The van der Waals surface area contributed by atoms with Crippen LogP contribution in [0.3, 0.4) is 0 Å². The van der Waals surface area contributed by atoms with Crippen LogP contribution in [0.2, 0.25) is 0 Å². The zero-order valence-electron chi connectivity index (χ0n) is 14.1. The maximum atomic E-state index is 3.82. The molecule has 1 N–H and O–H groups in total. The third-order valence-corrected chi connectivity index (χ3v) is 5.02. The second-order valence-corrected chi connectivity index (χ2v) is 7.21. The lowest BCUT2D eigenvalue weighted by Crippen LogP contribution is -2.40. The molecule has 0 amide bonds. The van der Waals surface area contributed by atoms with E-state index in [1.165, 1.54) is 45.1 Å². The van der Waals surface area contributed by atoms with Crippen LogP contribution in [0.5, 0.6) is 0 Å². The lowest BCUT2D eigenvalue weighted by atomic mass is 9.73. The van der Waals surface area contributed by atoms with Gasteiger partial charge < -0.3 is 5.32 Å². The van der Waals surface area contributed by atoms with Gasteiger partial charge in [0.25, 0.3) is 0 Å². The van der Waals surface area contributed by atoms with Crippen molar-refractivity contribution in [2.24, 2.45) is 11.8 Å². The molecule has 0 aliphatic heterocycles. The lowest BCUT2D eigenvalue weighted by molar-refractivity contribution is 0.218. The third kappa shape index (κ3) is 5.14. The summed E-state index contributed by atoms with van der Waals surface area (Å²) in [4.78, 5) is 0. The van der Waals surface area contributed by atoms with Gasteiger partial charge in [-0.15, -0.1) is 0 Å². The zero-order valence-corrected chi connectivity index (χ0v) is 14.1. The summed E-state index contributed by atoms with van der Waals surface area (Å²) in [6.07, 6.45) is 8.08. The van der Waals surface area contributed by atoms with Gasteiger partial charge >= 0.3 is 0 Å². The molecular formula is C20H33N. The van der Waals surface area contributed by atoms with Gasteiger partial charge in [0, 0.05) is 6.04 Å². The number of rotatable bonds is 7. The van der Waals surface area contributed by atoms with Crippen molar-refractivity contribution in [3.05, 3.63) is 35.9 Å². The molecule has 3 atom stereocenters. The smallest absolute Gasteiger partial charge is 0.00957 e. The molecule has 0 heterocycles. The molecule has 3 unspecified atom stereocenters. The van der Waals surface area contributed by atoms with Crippen LogP contribution in [0, 0.1) is 11.8 Å². The molecule has 1 aliphatic carbocycles. The second-order valence-electron chi connectivity index (χ2n) is 7.21. The molecule has 0 spiro atoms. The summed E-state index contributed by atoms with van der Waals surface area (Å²) < 4.78 is 0. The number of hydrogen-bond donors (Lipinski definition) is 1. The van der Waals surface area contributed by atoms with Crippen LogP contribution >= 0.6 is 0 Å². The first kappa shape index (κ1) is 16.5. The number of benzene rings is 1. The quantitative estimate of drug-likeness (QED) is 0.710. The van der Waals surface area contributed by atoms with E-state index >= 15 is 0 Å². The second kappa shape index (κ2) is 8.58. The summed E-state index contributed by atoms with van der Waals surface area (Å²) in [6.45, 7) is 8.16. The van der Waals surface area contributed by atoms with Gasteiger partial charge in [-0.1, -0.05) is 57.5 Å². The fourth-order valence-electron chi connectivity index (χ4n) is 3.76. The maximum absolute atomic E-state index is 3.82. The summed E-state index contributed by atoms with van der Waals surface area (Å²) in [6, 6.07) is 11.9. The standard InChI is InChI=1S/C20H33N/c1-4-14-21-20-13-12-18(17-8-6-5-7-9-17)15-19(20)11-10-16(2)3/h5-9,16,18-21H,4,10-15H2,1-3H3. The fourth-order valence-corrected chi connectivity index (χ4v) is 3.76. The average molecular weight is 287 g/mol. The zero-order chi connectivity index (χ0) is 15.1. The Kier molecular flexibility index (Phi) is 6.76. The van der Waals surface area contributed by atoms with Gasteiger partial charge in [0.1, 0.15) is 0 Å². The van der Waals surface area contributed by atoms with Crippen molar-refractivity contribution in [1.82, 2.24) is 5.32 Å². The van der Waals surface area contributed by atoms with E-state index in [-0.39, 0.29) is 0 Å². The van der Waals surface area contributed by atoms with Crippen molar-refractivity contribution in [2.45, 2.75) is 71.3 Å². The van der Waals surface area contributed by atoms with Crippen molar-refractivity contribution in [3.8, 4) is 0 Å². The fraction of sp³-hybridized carbons (Fsp3) is 0.700. The summed E-state index contributed by atoms with van der Waals surface area (Å²) in [5, 5.41) is 3.82. The molecule has 2 rings (SSSR count). The maximum Gasteiger partial charge on any atom is 0.00957 e. The largest absolute Gasteiger partial charge is 0.314 e. The van der Waals surface area contributed by atoms with E-state index in [0.717, 1.165) is 23.8 Å². The Bertz CT molecular complexity index is 384. The highest BCUT2D eigenvalue weighted by atomic mass is 14.9. The molecule has 1 saturated carbocycles. The highest BCUT2D eigenvalue weighted by Gasteiger charge is 2.30. The molecule has 0 aromatic heterocycles. The van der Waals surface area contributed by atoms with Gasteiger partial charge in [0.05, 0.1) is 0 Å². The Labute approximate surface area is 131 Å². The van der Waals surface area contributed by atoms with Crippen LogP contribution in [0.4, 0.5) is 0 Å². The van der Waals surface area contributed by atoms with Crippen molar-refractivity contribution in [1.29, 1.82) is 0 Å². The van der Waals surface area contributed by atoms with Gasteiger partial charge in [0.15, 0.2) is 0 Å². The molecule has 0 bridgehead atoms. The van der Waals surface area contributed by atoms with E-state index in [9.17, 15) is 0 Å². The minimum atomic E-state index is 0.753. The molecule has 0 radical (unpaired) electrons. The van der Waals surface area contributed by atoms with Gasteiger partial charge in [-0.05, 0) is 62.0 Å². The van der Waals surface area contributed by atoms with E-state index in [4.69, 9.17) is 0 Å². The van der Waals surface area contributed by atoms with Crippen molar-refractivity contribution in [2.75, 3.05) is 6.54 Å². The molecule has 21 heavy (non-hydrogen) atoms. The topological polar surface area (TPSA) is 12.0 Å². The molecule has 1 aliphatic rings. The molecule has 1 nitrogen and oxygen atoms in total. The first-order valence-electron chi connectivity index (χ1n) is 8.99. The molecule has 1 heteroatoms. The summed E-state index contributed by atoms with van der Waals surface area (Å²) >= 11 is 0. The SMILES string of the molecule is CCCNC1CCC(c2ccccc2)CC1CCC(C)C. The van der Waals surface area contributed by atoms with Crippen LogP contribution in [-0.2, 0) is 0 Å². The highest BCUT2D eigenvalue weighted by molar-refractivity contribution is 5.20. The van der Waals surface area contributed by atoms with E-state index < -0.39 is 0 Å². The molecule has 1 aromatic rings. The predicted molar refractivity (Wildman–Crippen MR) is 92.7 cm³/mol. The first-order valence-corrected chi connectivity index (χ1v) is 8.99. The molecule has 1 fully saturated rings. The van der Waals surface area contributed by atoms with E-state index in [2.05, 4.69) is 56.4 Å². The van der Waals surface area contributed by atoms with E-state index in [0.29, 0.717) is 0 Å². The van der Waals surface area contributed by atoms with E-state index in [1.54, 1.807) is 5.56 Å². The van der Waals surface area contributed by atoms with E-state index in [1.807, 2.05) is 0 Å². The molecule has 118 valence electrons. The van der Waals surface area contributed by atoms with Crippen LogP contribution < -0.4 is 5.32 Å². The van der Waals surface area contributed by atoms with Gasteiger partial charge in [-0.2, -0.15) is 0 Å². The predicted octanol–water partition coefficient (Wildman–Crippen LogP) is 5.37. The van der Waals surface area contributed by atoms with Crippen molar-refractivity contribution in [3.63, 3.8) is 0 Å². The number of hydrogen-bond acceptors (Lipinski definition) is 1. The first-order chi connectivity index (χ1) is 10.2. The molecule has 1 aromatic carbocycles. The Morgan fingerprint density at radius 2 is 1.90 bits per heavy atom. The number of nitrogens with one attached hydrogen (secondary N) is 1. The van der Waals surface area contributed by atoms with Crippen molar-refractivity contribution >= 4 is 0 Å². The highest BCUT2D eigenvalue weighted by Crippen LogP contribution is 2.38. The Hall–Kier alpha value is -0.820. The van der Waals surface area contributed by atoms with Crippen molar-refractivity contribution < 1.29 is 0 Å².